The van der Waals surface area contributed by atoms with E-state index in [9.17, 15) is 9.59 Å². The Bertz CT molecular complexity index is 785. The largest absolute Gasteiger partial charge is 0.328 e. The highest BCUT2D eigenvalue weighted by Crippen LogP contribution is 2.31. The molecule has 1 unspecified atom stereocenters. The zero-order valence-electron chi connectivity index (χ0n) is 14.2. The molecule has 1 aliphatic heterocycles. The van der Waals surface area contributed by atoms with Gasteiger partial charge in [-0.05, 0) is 56.2 Å². The molecule has 1 amide bonds. The first-order valence-electron chi connectivity index (χ1n) is 9.06. The van der Waals surface area contributed by atoms with Gasteiger partial charge in [0.1, 0.15) is 12.2 Å². The number of H-pyrrole nitrogens is 1. The lowest BCUT2D eigenvalue weighted by atomic mass is 9.96. The summed E-state index contributed by atoms with van der Waals surface area (Å²) in [5, 5.41) is 6.84. The molecule has 25 heavy (non-hydrogen) atoms. The number of nitrogens with one attached hydrogen (secondary N) is 1. The number of amides is 1. The zero-order valence-corrected chi connectivity index (χ0v) is 14.2. The monoisotopic (exact) mass is 338 g/mol. The molecule has 130 valence electrons. The van der Waals surface area contributed by atoms with Gasteiger partial charge in [-0.1, -0.05) is 6.07 Å². The van der Waals surface area contributed by atoms with Gasteiger partial charge < -0.3 is 4.90 Å². The Morgan fingerprint density at radius 1 is 1.16 bits per heavy atom. The van der Waals surface area contributed by atoms with Gasteiger partial charge in [0.2, 0.25) is 0 Å². The molecule has 0 spiro atoms. The number of carbonyl (C=O) groups is 2. The van der Waals surface area contributed by atoms with Crippen molar-refractivity contribution >= 4 is 11.7 Å². The molecule has 2 aromatic rings. The molecule has 1 atom stereocenters. The van der Waals surface area contributed by atoms with Gasteiger partial charge in [0, 0.05) is 24.1 Å². The lowest BCUT2D eigenvalue weighted by Gasteiger charge is -2.34. The molecule has 1 fully saturated rings. The van der Waals surface area contributed by atoms with Gasteiger partial charge in [-0.15, -0.1) is 0 Å². The van der Waals surface area contributed by atoms with Crippen LogP contribution >= 0.6 is 0 Å². The molecule has 1 N–H and O–H groups in total. The summed E-state index contributed by atoms with van der Waals surface area (Å²) in [6.45, 7) is 0.722. The fourth-order valence-corrected chi connectivity index (χ4v) is 3.94. The number of Topliss-reactive ketones (excluding diaryl/α,β-unsaturated/α-hetero) is 1. The number of hydrogen-bond acceptors (Lipinski definition) is 4. The van der Waals surface area contributed by atoms with Crippen LogP contribution in [0.1, 0.15) is 76.7 Å². The summed E-state index contributed by atoms with van der Waals surface area (Å²) in [6, 6.07) is 5.51. The number of hydrogen-bond donors (Lipinski definition) is 1. The minimum absolute atomic E-state index is 0.0144. The number of aryl methyl sites for hydroxylation is 1. The fourth-order valence-electron chi connectivity index (χ4n) is 3.94. The molecule has 1 aromatic carbocycles. The molecule has 1 aromatic heterocycles. The van der Waals surface area contributed by atoms with E-state index in [4.69, 9.17) is 0 Å². The Morgan fingerprint density at radius 3 is 2.88 bits per heavy atom. The quantitative estimate of drug-likeness (QED) is 0.854. The Labute approximate surface area is 146 Å². The van der Waals surface area contributed by atoms with Crippen LogP contribution < -0.4 is 0 Å². The summed E-state index contributed by atoms with van der Waals surface area (Å²) in [4.78, 5) is 31.5. The number of aromatic nitrogens is 3. The van der Waals surface area contributed by atoms with Gasteiger partial charge in [-0.2, -0.15) is 5.10 Å². The smallest absolute Gasteiger partial charge is 0.254 e. The van der Waals surface area contributed by atoms with Crippen molar-refractivity contribution in [1.82, 2.24) is 20.1 Å². The van der Waals surface area contributed by atoms with E-state index < -0.39 is 0 Å². The third-order valence-electron chi connectivity index (χ3n) is 5.27. The van der Waals surface area contributed by atoms with Crippen molar-refractivity contribution in [3.63, 3.8) is 0 Å². The first-order valence-corrected chi connectivity index (χ1v) is 9.06. The average Bonchev–Trinajstić information content (AvgIpc) is 3.12. The van der Waals surface area contributed by atoms with Crippen LogP contribution in [0.3, 0.4) is 0 Å². The van der Waals surface area contributed by atoms with Crippen molar-refractivity contribution in [2.45, 2.75) is 51.0 Å². The number of benzene rings is 1. The molecular weight excluding hydrogens is 316 g/mol. The molecular formula is C19H22N4O2. The summed E-state index contributed by atoms with van der Waals surface area (Å²) < 4.78 is 0. The SMILES string of the molecule is O=C1CCCCc2cc(C(=O)N3CCCCC3c3ncn[nH]3)ccc21. The van der Waals surface area contributed by atoms with Crippen molar-refractivity contribution in [3.05, 3.63) is 47.0 Å². The summed E-state index contributed by atoms with van der Waals surface area (Å²) >= 11 is 0. The lowest BCUT2D eigenvalue weighted by Crippen LogP contribution is -2.39. The van der Waals surface area contributed by atoms with E-state index in [2.05, 4.69) is 15.2 Å². The molecule has 2 heterocycles. The minimum Gasteiger partial charge on any atom is -0.328 e. The summed E-state index contributed by atoms with van der Waals surface area (Å²) in [5.74, 6) is 0.961. The number of rotatable bonds is 2. The standard InChI is InChI=1S/C19H22N4O2/c24-17-7-2-1-5-13-11-14(8-9-15(13)17)19(25)23-10-4-3-6-16(23)18-20-12-21-22-18/h8-9,11-12,16H,1-7,10H2,(H,20,21,22). The normalized spacial score (nSPS) is 20.9. The fraction of sp³-hybridized carbons (Fsp3) is 0.474. The van der Waals surface area contributed by atoms with E-state index in [1.54, 1.807) is 6.07 Å². The number of nitrogens with zero attached hydrogens (tertiary/aromatic N) is 3. The Kier molecular flexibility index (Phi) is 4.34. The molecule has 6 heteroatoms. The molecule has 1 saturated heterocycles. The molecule has 4 rings (SSSR count). The van der Waals surface area contributed by atoms with Crippen LogP contribution in [0.5, 0.6) is 0 Å². The van der Waals surface area contributed by atoms with E-state index in [0.29, 0.717) is 12.0 Å². The van der Waals surface area contributed by atoms with Crippen molar-refractivity contribution in [1.29, 1.82) is 0 Å². The van der Waals surface area contributed by atoms with Crippen molar-refractivity contribution < 1.29 is 9.59 Å². The summed E-state index contributed by atoms with van der Waals surface area (Å²) in [5.41, 5.74) is 2.47. The second kappa shape index (κ2) is 6.78. The highest BCUT2D eigenvalue weighted by Gasteiger charge is 2.31. The Balaban J connectivity index is 1.63. The Hall–Kier alpha value is -2.50. The predicted molar refractivity (Wildman–Crippen MR) is 92.3 cm³/mol. The zero-order chi connectivity index (χ0) is 17.2. The van der Waals surface area contributed by atoms with Crippen LogP contribution in [-0.4, -0.2) is 38.3 Å². The van der Waals surface area contributed by atoms with Crippen LogP contribution in [0.25, 0.3) is 0 Å². The minimum atomic E-state index is -0.0517. The number of aromatic amines is 1. The Morgan fingerprint density at radius 2 is 2.04 bits per heavy atom. The number of piperidine rings is 1. The molecule has 6 nitrogen and oxygen atoms in total. The van der Waals surface area contributed by atoms with E-state index in [1.165, 1.54) is 6.33 Å². The number of ketones is 1. The van der Waals surface area contributed by atoms with Gasteiger partial charge in [-0.25, -0.2) is 4.98 Å². The van der Waals surface area contributed by atoms with Crippen LogP contribution in [0.2, 0.25) is 0 Å². The third-order valence-corrected chi connectivity index (χ3v) is 5.27. The van der Waals surface area contributed by atoms with Crippen molar-refractivity contribution in [3.8, 4) is 0 Å². The number of carbonyl (C=O) groups excluding carboxylic acids is 2. The number of fused-ring (bicyclic) bond motifs is 1. The number of likely N-dealkylation sites (tertiary alicyclic amines) is 1. The van der Waals surface area contributed by atoms with Crippen LogP contribution in [0.15, 0.2) is 24.5 Å². The first kappa shape index (κ1) is 16.0. The molecule has 0 bridgehead atoms. The molecule has 0 radical (unpaired) electrons. The topological polar surface area (TPSA) is 79.0 Å². The predicted octanol–water partition coefficient (Wildman–Crippen LogP) is 3.08. The third kappa shape index (κ3) is 3.08. The second-order valence-corrected chi connectivity index (χ2v) is 6.88. The van der Waals surface area contributed by atoms with E-state index >= 15 is 0 Å². The van der Waals surface area contributed by atoms with Gasteiger partial charge in [-0.3, -0.25) is 14.7 Å². The maximum Gasteiger partial charge on any atom is 0.254 e. The van der Waals surface area contributed by atoms with Gasteiger partial charge in [0.05, 0.1) is 6.04 Å². The van der Waals surface area contributed by atoms with Gasteiger partial charge >= 0.3 is 0 Å². The summed E-state index contributed by atoms with van der Waals surface area (Å²) in [7, 11) is 0. The van der Waals surface area contributed by atoms with Gasteiger partial charge in [0.25, 0.3) is 5.91 Å². The lowest BCUT2D eigenvalue weighted by molar-refractivity contribution is 0.0600. The van der Waals surface area contributed by atoms with E-state index in [1.807, 2.05) is 17.0 Å². The highest BCUT2D eigenvalue weighted by molar-refractivity contribution is 6.00. The molecule has 0 saturated carbocycles. The molecule has 2 aliphatic rings. The van der Waals surface area contributed by atoms with Crippen LogP contribution in [0, 0.1) is 0 Å². The summed E-state index contributed by atoms with van der Waals surface area (Å²) in [6.07, 6.45) is 7.86. The van der Waals surface area contributed by atoms with E-state index in [-0.39, 0.29) is 17.7 Å². The van der Waals surface area contributed by atoms with Crippen LogP contribution in [0.4, 0.5) is 0 Å². The second-order valence-electron chi connectivity index (χ2n) is 6.88. The van der Waals surface area contributed by atoms with Crippen LogP contribution in [-0.2, 0) is 6.42 Å². The maximum absolute atomic E-state index is 13.1. The maximum atomic E-state index is 13.1. The van der Waals surface area contributed by atoms with Crippen molar-refractivity contribution in [2.75, 3.05) is 6.54 Å². The van der Waals surface area contributed by atoms with Gasteiger partial charge in [0.15, 0.2) is 5.78 Å². The van der Waals surface area contributed by atoms with Crippen molar-refractivity contribution in [2.24, 2.45) is 0 Å². The van der Waals surface area contributed by atoms with E-state index in [0.717, 1.165) is 62.0 Å². The molecule has 1 aliphatic carbocycles. The average molecular weight is 338 g/mol. The first-order chi connectivity index (χ1) is 12.2. The highest BCUT2D eigenvalue weighted by atomic mass is 16.2.